The van der Waals surface area contributed by atoms with Gasteiger partial charge in [-0.3, -0.25) is 0 Å². The molecule has 4 heteroatoms. The highest BCUT2D eigenvalue weighted by molar-refractivity contribution is 5.68. The van der Waals surface area contributed by atoms with Crippen LogP contribution in [0.5, 0.6) is 0 Å². The van der Waals surface area contributed by atoms with Crippen molar-refractivity contribution in [2.75, 3.05) is 19.6 Å². The van der Waals surface area contributed by atoms with Crippen LogP contribution in [0.1, 0.15) is 46.5 Å². The summed E-state index contributed by atoms with van der Waals surface area (Å²) in [4.78, 5) is 13.8. The van der Waals surface area contributed by atoms with Crippen LogP contribution >= 0.6 is 0 Å². The highest BCUT2D eigenvalue weighted by Crippen LogP contribution is 2.15. The number of terminal acetylenes is 1. The van der Waals surface area contributed by atoms with E-state index >= 15 is 0 Å². The molecule has 1 fully saturated rings. The van der Waals surface area contributed by atoms with Crippen molar-refractivity contribution in [3.05, 3.63) is 0 Å². The number of hydrogen-bond acceptors (Lipinski definition) is 3. The number of carbonyl (C=O) groups excluding carboxylic acids is 1. The van der Waals surface area contributed by atoms with Crippen molar-refractivity contribution in [2.24, 2.45) is 0 Å². The van der Waals surface area contributed by atoms with Crippen molar-refractivity contribution < 1.29 is 9.53 Å². The first-order valence-electron chi connectivity index (χ1n) is 7.07. The molecule has 1 aliphatic heterocycles. The smallest absolute Gasteiger partial charge is 0.410 e. The van der Waals surface area contributed by atoms with Crippen molar-refractivity contribution in [1.82, 2.24) is 10.2 Å². The first kappa shape index (κ1) is 15.8. The van der Waals surface area contributed by atoms with Crippen LogP contribution in [0.3, 0.4) is 0 Å². The summed E-state index contributed by atoms with van der Waals surface area (Å²) in [5.74, 6) is 2.63. The quantitative estimate of drug-likeness (QED) is 0.630. The molecule has 0 spiro atoms. The third-order valence-corrected chi connectivity index (χ3v) is 3.08. The molecule has 0 radical (unpaired) electrons. The highest BCUT2D eigenvalue weighted by Gasteiger charge is 2.24. The monoisotopic (exact) mass is 266 g/mol. The SMILES string of the molecule is C#CCCNC1CCCN(C(=O)OC(C)(C)C)CC1. The van der Waals surface area contributed by atoms with Gasteiger partial charge in [-0.1, -0.05) is 0 Å². The van der Waals surface area contributed by atoms with Crippen molar-refractivity contribution in [1.29, 1.82) is 0 Å². The minimum absolute atomic E-state index is 0.197. The van der Waals surface area contributed by atoms with Crippen molar-refractivity contribution in [2.45, 2.75) is 58.1 Å². The van der Waals surface area contributed by atoms with E-state index in [0.29, 0.717) is 6.04 Å². The minimum atomic E-state index is -0.423. The standard InChI is InChI=1S/C15H26N2O2/c1-5-6-10-16-13-8-7-11-17(12-9-13)14(18)19-15(2,3)4/h1,13,16H,6-12H2,2-4H3. The molecule has 1 amide bonds. The van der Waals surface area contributed by atoms with Gasteiger partial charge in [-0.25, -0.2) is 4.79 Å². The lowest BCUT2D eigenvalue weighted by Crippen LogP contribution is -2.38. The van der Waals surface area contributed by atoms with E-state index in [1.807, 2.05) is 25.7 Å². The third-order valence-electron chi connectivity index (χ3n) is 3.08. The van der Waals surface area contributed by atoms with Gasteiger partial charge >= 0.3 is 6.09 Å². The van der Waals surface area contributed by atoms with Crippen molar-refractivity contribution in [3.8, 4) is 12.3 Å². The average molecular weight is 266 g/mol. The lowest BCUT2D eigenvalue weighted by molar-refractivity contribution is 0.0256. The molecule has 0 aliphatic carbocycles. The first-order chi connectivity index (χ1) is 8.92. The zero-order chi connectivity index (χ0) is 14.3. The first-order valence-corrected chi connectivity index (χ1v) is 7.07. The number of rotatable bonds is 3. The Hall–Kier alpha value is -1.21. The number of nitrogens with zero attached hydrogens (tertiary/aromatic N) is 1. The number of ether oxygens (including phenoxy) is 1. The molecule has 108 valence electrons. The number of hydrogen-bond donors (Lipinski definition) is 1. The van der Waals surface area contributed by atoms with E-state index in [0.717, 1.165) is 45.3 Å². The Morgan fingerprint density at radius 3 is 2.79 bits per heavy atom. The second-order valence-electron chi connectivity index (χ2n) is 6.00. The Bertz CT molecular complexity index is 328. The van der Waals surface area contributed by atoms with Crippen LogP contribution in [-0.2, 0) is 4.74 Å². The van der Waals surface area contributed by atoms with Gasteiger partial charge in [0.15, 0.2) is 0 Å². The topological polar surface area (TPSA) is 41.6 Å². The molecule has 1 saturated heterocycles. The minimum Gasteiger partial charge on any atom is -0.444 e. The Labute approximate surface area is 116 Å². The summed E-state index contributed by atoms with van der Waals surface area (Å²) in [6.07, 6.45) is 8.85. The average Bonchev–Trinajstić information content (AvgIpc) is 2.53. The Morgan fingerprint density at radius 1 is 1.42 bits per heavy atom. The van der Waals surface area contributed by atoms with Crippen LogP contribution in [0.4, 0.5) is 4.79 Å². The van der Waals surface area contributed by atoms with E-state index < -0.39 is 5.60 Å². The molecule has 0 bridgehead atoms. The maximum atomic E-state index is 12.0. The number of nitrogens with one attached hydrogen (secondary N) is 1. The number of likely N-dealkylation sites (tertiary alicyclic amines) is 1. The summed E-state index contributed by atoms with van der Waals surface area (Å²) in [6.45, 7) is 8.07. The van der Waals surface area contributed by atoms with Crippen LogP contribution in [0, 0.1) is 12.3 Å². The summed E-state index contributed by atoms with van der Waals surface area (Å²) in [7, 11) is 0. The van der Waals surface area contributed by atoms with Crippen LogP contribution in [0.25, 0.3) is 0 Å². The van der Waals surface area contributed by atoms with Gasteiger partial charge in [0, 0.05) is 32.1 Å². The summed E-state index contributed by atoms with van der Waals surface area (Å²) in [5.41, 5.74) is -0.423. The van der Waals surface area contributed by atoms with Crippen molar-refractivity contribution in [3.63, 3.8) is 0 Å². The fraction of sp³-hybridized carbons (Fsp3) is 0.800. The molecule has 1 unspecified atom stereocenters. The van der Waals surface area contributed by atoms with E-state index in [-0.39, 0.29) is 6.09 Å². The molecule has 19 heavy (non-hydrogen) atoms. The van der Waals surface area contributed by atoms with Crippen LogP contribution in [0.2, 0.25) is 0 Å². The lowest BCUT2D eigenvalue weighted by Gasteiger charge is -2.26. The summed E-state index contributed by atoms with van der Waals surface area (Å²) >= 11 is 0. The maximum Gasteiger partial charge on any atom is 0.410 e. The Morgan fingerprint density at radius 2 is 2.16 bits per heavy atom. The van der Waals surface area contributed by atoms with Gasteiger partial charge in [-0.05, 0) is 40.0 Å². The van der Waals surface area contributed by atoms with Crippen LogP contribution in [0.15, 0.2) is 0 Å². The summed E-state index contributed by atoms with van der Waals surface area (Å²) in [6, 6.07) is 0.459. The summed E-state index contributed by atoms with van der Waals surface area (Å²) in [5, 5.41) is 3.45. The predicted molar refractivity (Wildman–Crippen MR) is 76.9 cm³/mol. The predicted octanol–water partition coefficient (Wildman–Crippen LogP) is 2.39. The van der Waals surface area contributed by atoms with Gasteiger partial charge in [0.05, 0.1) is 0 Å². The maximum absolute atomic E-state index is 12.0. The molecular weight excluding hydrogens is 240 g/mol. The molecule has 1 rings (SSSR count). The van der Waals surface area contributed by atoms with E-state index in [2.05, 4.69) is 11.2 Å². The van der Waals surface area contributed by atoms with E-state index in [1.54, 1.807) is 0 Å². The zero-order valence-electron chi connectivity index (χ0n) is 12.4. The van der Waals surface area contributed by atoms with Gasteiger partial charge in [-0.15, -0.1) is 12.3 Å². The van der Waals surface area contributed by atoms with Crippen molar-refractivity contribution >= 4 is 6.09 Å². The van der Waals surface area contributed by atoms with Gasteiger partial charge in [0.1, 0.15) is 5.60 Å². The van der Waals surface area contributed by atoms with Gasteiger partial charge in [-0.2, -0.15) is 0 Å². The molecule has 0 aromatic rings. The van der Waals surface area contributed by atoms with Gasteiger partial charge < -0.3 is 15.0 Å². The lowest BCUT2D eigenvalue weighted by atomic mass is 10.1. The fourth-order valence-corrected chi connectivity index (χ4v) is 2.16. The number of carbonyl (C=O) groups is 1. The third kappa shape index (κ3) is 6.49. The Balaban J connectivity index is 2.37. The van der Waals surface area contributed by atoms with Gasteiger partial charge in [0.25, 0.3) is 0 Å². The molecule has 4 nitrogen and oxygen atoms in total. The van der Waals surface area contributed by atoms with E-state index in [4.69, 9.17) is 11.2 Å². The molecule has 0 aromatic heterocycles. The fourth-order valence-electron chi connectivity index (χ4n) is 2.16. The van der Waals surface area contributed by atoms with E-state index in [1.165, 1.54) is 0 Å². The molecule has 1 aliphatic rings. The molecule has 0 saturated carbocycles. The second kappa shape index (κ2) is 7.40. The molecule has 1 N–H and O–H groups in total. The Kier molecular flexibility index (Phi) is 6.17. The molecule has 0 aromatic carbocycles. The zero-order valence-corrected chi connectivity index (χ0v) is 12.4. The normalized spacial score (nSPS) is 20.5. The second-order valence-corrected chi connectivity index (χ2v) is 6.00. The van der Waals surface area contributed by atoms with Crippen LogP contribution < -0.4 is 5.32 Å². The summed E-state index contributed by atoms with van der Waals surface area (Å²) < 4.78 is 5.41. The highest BCUT2D eigenvalue weighted by atomic mass is 16.6. The van der Waals surface area contributed by atoms with E-state index in [9.17, 15) is 4.79 Å². The van der Waals surface area contributed by atoms with Gasteiger partial charge in [0.2, 0.25) is 0 Å². The molecular formula is C15H26N2O2. The number of amides is 1. The molecule has 1 atom stereocenters. The molecule has 1 heterocycles. The van der Waals surface area contributed by atoms with Crippen LogP contribution in [-0.4, -0.2) is 42.3 Å². The largest absolute Gasteiger partial charge is 0.444 e.